The SMILES string of the molecule is Cc1ccc(C2CNc3cscc3N2)cc1C. The summed E-state index contributed by atoms with van der Waals surface area (Å²) in [4.78, 5) is 0. The van der Waals surface area contributed by atoms with Gasteiger partial charge in [-0.25, -0.2) is 0 Å². The minimum Gasteiger partial charge on any atom is -0.380 e. The van der Waals surface area contributed by atoms with Gasteiger partial charge in [0.2, 0.25) is 0 Å². The summed E-state index contributed by atoms with van der Waals surface area (Å²) < 4.78 is 0. The van der Waals surface area contributed by atoms with Crippen molar-refractivity contribution >= 4 is 22.7 Å². The predicted octanol–water partition coefficient (Wildman–Crippen LogP) is 3.94. The zero-order chi connectivity index (χ0) is 11.8. The van der Waals surface area contributed by atoms with Gasteiger partial charge in [0.25, 0.3) is 0 Å². The molecule has 1 unspecified atom stereocenters. The van der Waals surface area contributed by atoms with E-state index in [1.54, 1.807) is 11.3 Å². The van der Waals surface area contributed by atoms with Crippen LogP contribution in [0.2, 0.25) is 0 Å². The summed E-state index contributed by atoms with van der Waals surface area (Å²) in [6.07, 6.45) is 0. The molecule has 3 rings (SSSR count). The van der Waals surface area contributed by atoms with Crippen LogP contribution >= 0.6 is 11.3 Å². The third-order valence-electron chi connectivity index (χ3n) is 3.42. The predicted molar refractivity (Wildman–Crippen MR) is 75.1 cm³/mol. The van der Waals surface area contributed by atoms with Crippen LogP contribution < -0.4 is 10.6 Å². The van der Waals surface area contributed by atoms with Crippen molar-refractivity contribution in [2.45, 2.75) is 19.9 Å². The molecule has 0 radical (unpaired) electrons. The van der Waals surface area contributed by atoms with E-state index < -0.39 is 0 Å². The maximum absolute atomic E-state index is 3.59. The van der Waals surface area contributed by atoms with E-state index in [0.717, 1.165) is 6.54 Å². The molecule has 0 saturated carbocycles. The van der Waals surface area contributed by atoms with Crippen LogP contribution in [0.5, 0.6) is 0 Å². The van der Waals surface area contributed by atoms with Gasteiger partial charge in [0, 0.05) is 17.3 Å². The fourth-order valence-corrected chi connectivity index (χ4v) is 2.92. The van der Waals surface area contributed by atoms with Crippen molar-refractivity contribution in [1.82, 2.24) is 0 Å². The topological polar surface area (TPSA) is 24.1 Å². The van der Waals surface area contributed by atoms with Gasteiger partial charge in [0.05, 0.1) is 17.4 Å². The monoisotopic (exact) mass is 244 g/mol. The van der Waals surface area contributed by atoms with Crippen molar-refractivity contribution in [3.05, 3.63) is 45.6 Å². The van der Waals surface area contributed by atoms with Crippen LogP contribution in [0.3, 0.4) is 0 Å². The molecule has 2 nitrogen and oxygen atoms in total. The fourth-order valence-electron chi connectivity index (χ4n) is 2.18. The van der Waals surface area contributed by atoms with Crippen LogP contribution in [-0.2, 0) is 0 Å². The van der Waals surface area contributed by atoms with Gasteiger partial charge in [-0.1, -0.05) is 18.2 Å². The lowest BCUT2D eigenvalue weighted by atomic mass is 10.00. The van der Waals surface area contributed by atoms with Crippen molar-refractivity contribution in [1.29, 1.82) is 0 Å². The Balaban J connectivity index is 1.89. The largest absolute Gasteiger partial charge is 0.380 e. The van der Waals surface area contributed by atoms with Crippen LogP contribution in [-0.4, -0.2) is 6.54 Å². The number of thiophene rings is 1. The molecule has 0 fully saturated rings. The van der Waals surface area contributed by atoms with Gasteiger partial charge in [-0.05, 0) is 30.5 Å². The summed E-state index contributed by atoms with van der Waals surface area (Å²) in [5.74, 6) is 0. The minimum atomic E-state index is 0.372. The first kappa shape index (κ1) is 10.7. The number of hydrogen-bond donors (Lipinski definition) is 2. The molecular formula is C14H16N2S. The number of aryl methyl sites for hydroxylation is 2. The third kappa shape index (κ3) is 1.91. The summed E-state index contributed by atoms with van der Waals surface area (Å²) in [6.45, 7) is 5.28. The molecule has 3 heteroatoms. The lowest BCUT2D eigenvalue weighted by molar-refractivity contribution is 0.804. The third-order valence-corrected chi connectivity index (χ3v) is 4.17. The van der Waals surface area contributed by atoms with Gasteiger partial charge in [0.15, 0.2) is 0 Å². The number of rotatable bonds is 1. The molecule has 0 aliphatic carbocycles. The standard InChI is InChI=1S/C14H16N2S/c1-9-3-4-11(5-10(9)2)12-6-15-13-7-17-8-14(13)16-12/h3-5,7-8,12,15-16H,6H2,1-2H3. The van der Waals surface area contributed by atoms with Crippen LogP contribution in [0.1, 0.15) is 22.7 Å². The maximum atomic E-state index is 3.59. The Hall–Kier alpha value is -1.48. The van der Waals surface area contributed by atoms with Crippen LogP contribution in [0.15, 0.2) is 29.0 Å². The Morgan fingerprint density at radius 1 is 1.12 bits per heavy atom. The van der Waals surface area contributed by atoms with E-state index in [9.17, 15) is 0 Å². The second-order valence-corrected chi connectivity index (χ2v) is 5.36. The second kappa shape index (κ2) is 4.08. The number of hydrogen-bond acceptors (Lipinski definition) is 3. The molecule has 2 heterocycles. The first-order chi connectivity index (χ1) is 8.24. The van der Waals surface area contributed by atoms with Crippen molar-refractivity contribution < 1.29 is 0 Å². The van der Waals surface area contributed by atoms with Gasteiger partial charge in [-0.3, -0.25) is 0 Å². The second-order valence-electron chi connectivity index (χ2n) is 4.62. The molecule has 0 amide bonds. The lowest BCUT2D eigenvalue weighted by Gasteiger charge is -2.27. The zero-order valence-corrected chi connectivity index (χ0v) is 10.9. The summed E-state index contributed by atoms with van der Waals surface area (Å²) in [7, 11) is 0. The van der Waals surface area contributed by atoms with Gasteiger partial charge in [-0.15, -0.1) is 11.3 Å². The van der Waals surface area contributed by atoms with Crippen LogP contribution in [0.4, 0.5) is 11.4 Å². The van der Waals surface area contributed by atoms with Crippen molar-refractivity contribution in [2.75, 3.05) is 17.2 Å². The van der Waals surface area contributed by atoms with E-state index in [0.29, 0.717) is 6.04 Å². The number of anilines is 2. The summed E-state index contributed by atoms with van der Waals surface area (Å²) >= 11 is 1.73. The quantitative estimate of drug-likeness (QED) is 0.794. The molecule has 0 spiro atoms. The smallest absolute Gasteiger partial charge is 0.0690 e. The molecule has 88 valence electrons. The Morgan fingerprint density at radius 3 is 2.76 bits per heavy atom. The van der Waals surface area contributed by atoms with Crippen LogP contribution in [0.25, 0.3) is 0 Å². The average Bonchev–Trinajstić information content (AvgIpc) is 2.79. The maximum Gasteiger partial charge on any atom is 0.0690 e. The van der Waals surface area contributed by atoms with Crippen molar-refractivity contribution in [2.24, 2.45) is 0 Å². The Labute approximate surface area is 106 Å². The molecule has 1 aromatic carbocycles. The van der Waals surface area contributed by atoms with E-state index >= 15 is 0 Å². The summed E-state index contributed by atoms with van der Waals surface area (Å²) in [5, 5.41) is 11.4. The van der Waals surface area contributed by atoms with Gasteiger partial charge in [0.1, 0.15) is 0 Å². The molecule has 1 aromatic heterocycles. The molecule has 1 aliphatic heterocycles. The molecule has 17 heavy (non-hydrogen) atoms. The summed E-state index contributed by atoms with van der Waals surface area (Å²) in [5.41, 5.74) is 6.53. The first-order valence-electron chi connectivity index (χ1n) is 5.88. The average molecular weight is 244 g/mol. The van der Waals surface area contributed by atoms with E-state index in [1.165, 1.54) is 28.1 Å². The summed E-state index contributed by atoms with van der Waals surface area (Å²) in [6, 6.07) is 7.08. The highest BCUT2D eigenvalue weighted by atomic mass is 32.1. The molecule has 2 aromatic rings. The minimum absolute atomic E-state index is 0.372. The molecule has 0 bridgehead atoms. The van der Waals surface area contributed by atoms with E-state index in [4.69, 9.17) is 0 Å². The Bertz CT molecular complexity index is 545. The Kier molecular flexibility index (Phi) is 2.56. The highest BCUT2D eigenvalue weighted by Gasteiger charge is 2.19. The highest BCUT2D eigenvalue weighted by Crippen LogP contribution is 2.34. The fraction of sp³-hybridized carbons (Fsp3) is 0.286. The first-order valence-corrected chi connectivity index (χ1v) is 6.82. The van der Waals surface area contributed by atoms with Crippen molar-refractivity contribution in [3.63, 3.8) is 0 Å². The number of benzene rings is 1. The van der Waals surface area contributed by atoms with E-state index in [1.807, 2.05) is 0 Å². The van der Waals surface area contributed by atoms with E-state index in [-0.39, 0.29) is 0 Å². The van der Waals surface area contributed by atoms with Gasteiger partial charge < -0.3 is 10.6 Å². The molecule has 0 saturated heterocycles. The lowest BCUT2D eigenvalue weighted by Crippen LogP contribution is -2.25. The van der Waals surface area contributed by atoms with Crippen molar-refractivity contribution in [3.8, 4) is 0 Å². The molecule has 2 N–H and O–H groups in total. The Morgan fingerprint density at radius 2 is 1.94 bits per heavy atom. The number of nitrogens with one attached hydrogen (secondary N) is 2. The molecule has 1 aliphatic rings. The highest BCUT2D eigenvalue weighted by molar-refractivity contribution is 7.09. The van der Waals surface area contributed by atoms with Gasteiger partial charge >= 0.3 is 0 Å². The molecule has 1 atom stereocenters. The number of fused-ring (bicyclic) bond motifs is 1. The normalized spacial score (nSPS) is 18.1. The van der Waals surface area contributed by atoms with Gasteiger partial charge in [-0.2, -0.15) is 0 Å². The zero-order valence-electron chi connectivity index (χ0n) is 10.1. The van der Waals surface area contributed by atoms with Crippen LogP contribution in [0, 0.1) is 13.8 Å². The molecular weight excluding hydrogens is 228 g/mol. The van der Waals surface area contributed by atoms with E-state index in [2.05, 4.69) is 53.4 Å².